The van der Waals surface area contributed by atoms with Gasteiger partial charge in [0.15, 0.2) is 11.6 Å². The fourth-order valence-electron chi connectivity index (χ4n) is 3.50. The number of hydrogen-bond donors (Lipinski definition) is 1. The Hall–Kier alpha value is -2.57. The lowest BCUT2D eigenvalue weighted by atomic mass is 10.00. The van der Waals surface area contributed by atoms with E-state index in [0.717, 1.165) is 36.2 Å². The van der Waals surface area contributed by atoms with E-state index in [-0.39, 0.29) is 23.8 Å². The van der Waals surface area contributed by atoms with E-state index in [4.69, 9.17) is 0 Å². The Bertz CT molecular complexity index is 782. The molecule has 2 atom stereocenters. The number of fused-ring (bicyclic) bond motifs is 4. The number of urea groups is 1. The second-order valence-corrected chi connectivity index (χ2v) is 5.84. The number of rotatable bonds is 1. The topological polar surface area (TPSA) is 58.1 Å². The zero-order valence-corrected chi connectivity index (χ0v) is 12.2. The molecule has 5 nitrogen and oxygen atoms in total. The lowest BCUT2D eigenvalue weighted by Gasteiger charge is -2.35. The molecule has 23 heavy (non-hydrogen) atoms. The maximum atomic E-state index is 13.3. The van der Waals surface area contributed by atoms with E-state index in [1.54, 1.807) is 11.1 Å². The van der Waals surface area contributed by atoms with Gasteiger partial charge in [0.05, 0.1) is 11.7 Å². The molecule has 1 aromatic carbocycles. The Kier molecular flexibility index (Phi) is 3.21. The first kappa shape index (κ1) is 14.0. The third-order valence-corrected chi connectivity index (χ3v) is 4.52. The second-order valence-electron chi connectivity index (χ2n) is 5.84. The van der Waals surface area contributed by atoms with Gasteiger partial charge in [-0.3, -0.25) is 0 Å². The van der Waals surface area contributed by atoms with E-state index < -0.39 is 11.6 Å². The van der Waals surface area contributed by atoms with Gasteiger partial charge in [0.1, 0.15) is 6.33 Å². The molecule has 2 bridgehead atoms. The van der Waals surface area contributed by atoms with E-state index in [1.165, 1.54) is 12.4 Å². The number of nitrogens with one attached hydrogen (secondary N) is 1. The first-order valence-corrected chi connectivity index (χ1v) is 7.46. The first-order valence-electron chi connectivity index (χ1n) is 7.46. The van der Waals surface area contributed by atoms with E-state index in [1.807, 2.05) is 0 Å². The number of aromatic nitrogens is 2. The first-order chi connectivity index (χ1) is 11.1. The van der Waals surface area contributed by atoms with Crippen molar-refractivity contribution in [1.82, 2.24) is 14.9 Å². The van der Waals surface area contributed by atoms with Gasteiger partial charge in [0.25, 0.3) is 0 Å². The van der Waals surface area contributed by atoms with Crippen LogP contribution >= 0.6 is 0 Å². The molecule has 0 unspecified atom stereocenters. The Balaban J connectivity index is 1.59. The summed E-state index contributed by atoms with van der Waals surface area (Å²) in [7, 11) is 0. The molecule has 0 radical (unpaired) electrons. The van der Waals surface area contributed by atoms with Gasteiger partial charge in [-0.15, -0.1) is 0 Å². The summed E-state index contributed by atoms with van der Waals surface area (Å²) in [6, 6.07) is 3.04. The second kappa shape index (κ2) is 5.26. The number of carbonyl (C=O) groups excluding carboxylic acids is 1. The lowest BCUT2D eigenvalue weighted by Crippen LogP contribution is -2.44. The molecule has 0 aliphatic carbocycles. The average molecular weight is 316 g/mol. The predicted octanol–water partition coefficient (Wildman–Crippen LogP) is 3.05. The fourth-order valence-corrected chi connectivity index (χ4v) is 3.50. The van der Waals surface area contributed by atoms with Gasteiger partial charge in [-0.05, 0) is 25.0 Å². The summed E-state index contributed by atoms with van der Waals surface area (Å²) in [4.78, 5) is 22.7. The molecular weight excluding hydrogens is 302 g/mol. The van der Waals surface area contributed by atoms with Gasteiger partial charge in [-0.2, -0.15) is 0 Å². The number of halogens is 2. The zero-order chi connectivity index (χ0) is 16.0. The summed E-state index contributed by atoms with van der Waals surface area (Å²) in [6.07, 6.45) is 5.73. The summed E-state index contributed by atoms with van der Waals surface area (Å²) in [5.74, 6) is -1.92. The average Bonchev–Trinajstić information content (AvgIpc) is 2.86. The quantitative estimate of drug-likeness (QED) is 0.880. The zero-order valence-electron chi connectivity index (χ0n) is 12.2. The van der Waals surface area contributed by atoms with Crippen LogP contribution in [0.1, 0.15) is 30.1 Å². The minimum Gasteiger partial charge on any atom is -0.314 e. The molecule has 2 aliphatic rings. The van der Waals surface area contributed by atoms with E-state index in [0.29, 0.717) is 6.42 Å². The number of benzene rings is 1. The molecule has 1 saturated heterocycles. The van der Waals surface area contributed by atoms with Crippen molar-refractivity contribution >= 4 is 11.7 Å². The van der Waals surface area contributed by atoms with Crippen LogP contribution in [-0.4, -0.2) is 26.9 Å². The molecule has 1 fully saturated rings. The van der Waals surface area contributed by atoms with E-state index in [9.17, 15) is 13.6 Å². The predicted molar refractivity (Wildman–Crippen MR) is 78.7 cm³/mol. The molecule has 4 rings (SSSR count). The van der Waals surface area contributed by atoms with Gasteiger partial charge < -0.3 is 10.2 Å². The number of nitrogens with zero attached hydrogens (tertiary/aromatic N) is 3. The van der Waals surface area contributed by atoms with Crippen LogP contribution < -0.4 is 5.32 Å². The van der Waals surface area contributed by atoms with Crippen LogP contribution in [-0.2, 0) is 6.42 Å². The van der Waals surface area contributed by atoms with Crippen molar-refractivity contribution in [3.63, 3.8) is 0 Å². The largest absolute Gasteiger partial charge is 0.322 e. The Morgan fingerprint density at radius 3 is 2.96 bits per heavy atom. The maximum Gasteiger partial charge on any atom is 0.322 e. The highest BCUT2D eigenvalue weighted by Gasteiger charge is 2.43. The Morgan fingerprint density at radius 1 is 1.26 bits per heavy atom. The van der Waals surface area contributed by atoms with Crippen molar-refractivity contribution in [2.45, 2.75) is 31.3 Å². The van der Waals surface area contributed by atoms with Crippen LogP contribution in [0.15, 0.2) is 30.7 Å². The van der Waals surface area contributed by atoms with Gasteiger partial charge in [0, 0.05) is 36.0 Å². The monoisotopic (exact) mass is 316 g/mol. The minimum absolute atomic E-state index is 0.0600. The number of hydrogen-bond acceptors (Lipinski definition) is 3. The van der Waals surface area contributed by atoms with Crippen molar-refractivity contribution in [2.24, 2.45) is 0 Å². The lowest BCUT2D eigenvalue weighted by molar-refractivity contribution is 0.178. The van der Waals surface area contributed by atoms with Gasteiger partial charge in [0.2, 0.25) is 0 Å². The molecule has 7 heteroatoms. The summed E-state index contributed by atoms with van der Waals surface area (Å²) in [6.45, 7) is 0. The highest BCUT2D eigenvalue weighted by molar-refractivity contribution is 5.90. The molecule has 3 heterocycles. The molecular formula is C16H14F2N4O. The van der Waals surface area contributed by atoms with Gasteiger partial charge in [-0.1, -0.05) is 0 Å². The Labute approximate surface area is 131 Å². The minimum atomic E-state index is -0.983. The van der Waals surface area contributed by atoms with E-state index in [2.05, 4.69) is 15.3 Å². The Morgan fingerprint density at radius 2 is 2.13 bits per heavy atom. The van der Waals surface area contributed by atoms with Crippen LogP contribution in [0.3, 0.4) is 0 Å². The van der Waals surface area contributed by atoms with Gasteiger partial charge >= 0.3 is 6.03 Å². The molecule has 2 amide bonds. The summed E-state index contributed by atoms with van der Waals surface area (Å²) in [5.41, 5.74) is 2.20. The van der Waals surface area contributed by atoms with Crippen molar-refractivity contribution in [2.75, 3.05) is 5.32 Å². The van der Waals surface area contributed by atoms with Crippen molar-refractivity contribution in [1.29, 1.82) is 0 Å². The highest BCUT2D eigenvalue weighted by Crippen LogP contribution is 2.42. The summed E-state index contributed by atoms with van der Waals surface area (Å²) in [5, 5.41) is 2.65. The van der Waals surface area contributed by atoms with Crippen LogP contribution in [0.4, 0.5) is 19.3 Å². The van der Waals surface area contributed by atoms with Crippen LogP contribution in [0.25, 0.3) is 0 Å². The molecule has 1 aromatic heterocycles. The molecule has 2 aliphatic heterocycles. The van der Waals surface area contributed by atoms with Crippen molar-refractivity contribution < 1.29 is 13.6 Å². The number of carbonyl (C=O) groups is 1. The molecule has 0 saturated carbocycles. The van der Waals surface area contributed by atoms with Crippen LogP contribution in [0, 0.1) is 11.6 Å². The van der Waals surface area contributed by atoms with E-state index >= 15 is 0 Å². The highest BCUT2D eigenvalue weighted by atomic mass is 19.2. The maximum absolute atomic E-state index is 13.3. The number of anilines is 1. The summed E-state index contributed by atoms with van der Waals surface area (Å²) >= 11 is 0. The SMILES string of the molecule is O=C(Nc1ccc(F)c(F)c1)N1[C@H]2CC[C@@H]1c1cncnc1C2. The molecule has 2 aromatic rings. The molecule has 1 N–H and O–H groups in total. The molecule has 0 spiro atoms. The summed E-state index contributed by atoms with van der Waals surface area (Å²) < 4.78 is 26.3. The standard InChI is InChI=1S/C16H14F2N4O/c17-12-3-1-9(5-13(12)18)21-16(23)22-10-2-4-15(22)11-7-19-8-20-14(11)6-10/h1,3,5,7-8,10,15H,2,4,6H2,(H,21,23)/t10-,15+/m0/s1. The van der Waals surface area contributed by atoms with Crippen LogP contribution in [0.2, 0.25) is 0 Å². The van der Waals surface area contributed by atoms with Crippen molar-refractivity contribution in [3.8, 4) is 0 Å². The normalized spacial score (nSPS) is 21.9. The third-order valence-electron chi connectivity index (χ3n) is 4.52. The fraction of sp³-hybridized carbons (Fsp3) is 0.312. The van der Waals surface area contributed by atoms with Crippen LogP contribution in [0.5, 0.6) is 0 Å². The third kappa shape index (κ3) is 2.32. The molecule has 118 valence electrons. The van der Waals surface area contributed by atoms with Crippen molar-refractivity contribution in [3.05, 3.63) is 53.6 Å². The van der Waals surface area contributed by atoms with Gasteiger partial charge in [-0.25, -0.2) is 23.5 Å². The number of amides is 2. The smallest absolute Gasteiger partial charge is 0.314 e.